The van der Waals surface area contributed by atoms with Crippen LogP contribution in [0.5, 0.6) is 0 Å². The summed E-state index contributed by atoms with van der Waals surface area (Å²) in [6, 6.07) is 13.4. The van der Waals surface area contributed by atoms with Crippen molar-refractivity contribution in [2.75, 3.05) is 6.54 Å². The molecule has 0 radical (unpaired) electrons. The molecule has 0 atom stereocenters. The van der Waals surface area contributed by atoms with Gasteiger partial charge in [-0.05, 0) is 64.9 Å². The van der Waals surface area contributed by atoms with E-state index in [1.165, 1.54) is 5.56 Å². The molecular formula is C16H16ClIN2O. The van der Waals surface area contributed by atoms with Crippen molar-refractivity contribution < 1.29 is 4.79 Å². The third-order valence-electron chi connectivity index (χ3n) is 3.09. The predicted octanol–water partition coefficient (Wildman–Crippen LogP) is 3.38. The fourth-order valence-corrected chi connectivity index (χ4v) is 2.43. The quantitative estimate of drug-likeness (QED) is 0.737. The van der Waals surface area contributed by atoms with Crippen LogP contribution in [0, 0.1) is 3.57 Å². The fraction of sp³-hybridized carbons (Fsp3) is 0.188. The molecule has 0 spiro atoms. The number of halogens is 2. The summed E-state index contributed by atoms with van der Waals surface area (Å²) in [5.74, 6) is -0.126. The molecule has 5 heteroatoms. The van der Waals surface area contributed by atoms with Crippen molar-refractivity contribution in [3.8, 4) is 0 Å². The maximum atomic E-state index is 12.1. The van der Waals surface area contributed by atoms with E-state index in [0.29, 0.717) is 23.7 Å². The van der Waals surface area contributed by atoms with E-state index in [0.717, 1.165) is 15.6 Å². The van der Waals surface area contributed by atoms with E-state index in [2.05, 4.69) is 27.9 Å². The number of carbonyl (C=O) groups excluding carboxylic acids is 1. The van der Waals surface area contributed by atoms with Gasteiger partial charge in [0.05, 0.1) is 5.02 Å². The Hall–Kier alpha value is -1.11. The van der Waals surface area contributed by atoms with E-state index in [4.69, 9.17) is 17.3 Å². The van der Waals surface area contributed by atoms with Crippen molar-refractivity contribution in [2.45, 2.75) is 13.0 Å². The molecule has 0 saturated heterocycles. The second-order valence-electron chi connectivity index (χ2n) is 4.67. The normalized spacial score (nSPS) is 10.4. The molecule has 0 heterocycles. The van der Waals surface area contributed by atoms with Gasteiger partial charge in [-0.2, -0.15) is 0 Å². The number of carbonyl (C=O) groups is 1. The van der Waals surface area contributed by atoms with Crippen molar-refractivity contribution >= 4 is 40.1 Å². The minimum absolute atomic E-state index is 0.126. The Morgan fingerprint density at radius 1 is 1.14 bits per heavy atom. The predicted molar refractivity (Wildman–Crippen MR) is 94.5 cm³/mol. The maximum Gasteiger partial charge on any atom is 0.251 e. The summed E-state index contributed by atoms with van der Waals surface area (Å²) >= 11 is 8.16. The van der Waals surface area contributed by atoms with Gasteiger partial charge in [0.15, 0.2) is 0 Å². The van der Waals surface area contributed by atoms with Gasteiger partial charge in [-0.15, -0.1) is 0 Å². The standard InChI is InChI=1S/C16H16ClIN2O/c17-14-9-13(5-6-15(14)18)16(21)20-10-12-3-1-11(2-4-12)7-8-19/h1-6,9H,7-8,10,19H2,(H,20,21). The zero-order valence-electron chi connectivity index (χ0n) is 11.4. The second kappa shape index (κ2) is 7.77. The molecule has 2 rings (SSSR count). The van der Waals surface area contributed by atoms with Gasteiger partial charge in [0.1, 0.15) is 0 Å². The van der Waals surface area contributed by atoms with Gasteiger partial charge in [0.25, 0.3) is 5.91 Å². The number of benzene rings is 2. The van der Waals surface area contributed by atoms with Crippen LogP contribution in [-0.4, -0.2) is 12.5 Å². The van der Waals surface area contributed by atoms with Gasteiger partial charge < -0.3 is 11.1 Å². The molecule has 0 fully saturated rings. The molecule has 0 aliphatic rings. The van der Waals surface area contributed by atoms with Crippen LogP contribution in [0.2, 0.25) is 5.02 Å². The molecule has 0 bridgehead atoms. The first kappa shape index (κ1) is 16.3. The first-order valence-electron chi connectivity index (χ1n) is 6.61. The van der Waals surface area contributed by atoms with Gasteiger partial charge >= 0.3 is 0 Å². The molecule has 1 amide bonds. The monoisotopic (exact) mass is 414 g/mol. The largest absolute Gasteiger partial charge is 0.348 e. The molecule has 0 aliphatic heterocycles. The third-order valence-corrected chi connectivity index (χ3v) is 4.66. The molecule has 3 nitrogen and oxygen atoms in total. The number of hydrogen-bond donors (Lipinski definition) is 2. The van der Waals surface area contributed by atoms with Crippen LogP contribution in [0.4, 0.5) is 0 Å². The lowest BCUT2D eigenvalue weighted by Gasteiger charge is -2.07. The Balaban J connectivity index is 1.95. The topological polar surface area (TPSA) is 55.1 Å². The SMILES string of the molecule is NCCc1ccc(CNC(=O)c2ccc(I)c(Cl)c2)cc1. The molecule has 0 unspecified atom stereocenters. The van der Waals surface area contributed by atoms with E-state index >= 15 is 0 Å². The van der Waals surface area contributed by atoms with Gasteiger partial charge in [-0.3, -0.25) is 4.79 Å². The lowest BCUT2D eigenvalue weighted by molar-refractivity contribution is 0.0951. The molecule has 21 heavy (non-hydrogen) atoms. The molecule has 0 aromatic heterocycles. The highest BCUT2D eigenvalue weighted by atomic mass is 127. The summed E-state index contributed by atoms with van der Waals surface area (Å²) in [6.45, 7) is 1.13. The Labute approximate surface area is 143 Å². The Morgan fingerprint density at radius 3 is 2.43 bits per heavy atom. The number of hydrogen-bond acceptors (Lipinski definition) is 2. The minimum atomic E-state index is -0.126. The first-order valence-corrected chi connectivity index (χ1v) is 8.07. The van der Waals surface area contributed by atoms with E-state index in [1.807, 2.05) is 30.3 Å². The average Bonchev–Trinajstić information content (AvgIpc) is 2.49. The zero-order valence-corrected chi connectivity index (χ0v) is 14.3. The summed E-state index contributed by atoms with van der Waals surface area (Å²) in [4.78, 5) is 12.1. The highest BCUT2D eigenvalue weighted by Crippen LogP contribution is 2.19. The van der Waals surface area contributed by atoms with E-state index < -0.39 is 0 Å². The lowest BCUT2D eigenvalue weighted by atomic mass is 10.1. The van der Waals surface area contributed by atoms with Crippen molar-refractivity contribution in [1.82, 2.24) is 5.32 Å². The van der Waals surface area contributed by atoms with Gasteiger partial charge in [-0.1, -0.05) is 35.9 Å². The molecule has 0 aliphatic carbocycles. The van der Waals surface area contributed by atoms with E-state index in [1.54, 1.807) is 12.1 Å². The lowest BCUT2D eigenvalue weighted by Crippen LogP contribution is -2.22. The highest BCUT2D eigenvalue weighted by molar-refractivity contribution is 14.1. The minimum Gasteiger partial charge on any atom is -0.348 e. The fourth-order valence-electron chi connectivity index (χ4n) is 1.91. The Bertz CT molecular complexity index is 629. The van der Waals surface area contributed by atoms with Crippen LogP contribution in [-0.2, 0) is 13.0 Å². The average molecular weight is 415 g/mol. The smallest absolute Gasteiger partial charge is 0.251 e. The van der Waals surface area contributed by atoms with Crippen LogP contribution in [0.15, 0.2) is 42.5 Å². The number of nitrogens with one attached hydrogen (secondary N) is 1. The third kappa shape index (κ3) is 4.69. The summed E-state index contributed by atoms with van der Waals surface area (Å²) < 4.78 is 0.932. The van der Waals surface area contributed by atoms with E-state index in [9.17, 15) is 4.79 Å². The molecule has 0 saturated carbocycles. The summed E-state index contributed by atoms with van der Waals surface area (Å²) in [7, 11) is 0. The van der Waals surface area contributed by atoms with E-state index in [-0.39, 0.29) is 5.91 Å². The molecule has 3 N–H and O–H groups in total. The maximum absolute atomic E-state index is 12.1. The van der Waals surface area contributed by atoms with Crippen LogP contribution >= 0.6 is 34.2 Å². The number of nitrogens with two attached hydrogens (primary N) is 1. The van der Waals surface area contributed by atoms with Crippen molar-refractivity contribution in [3.05, 3.63) is 67.7 Å². The summed E-state index contributed by atoms with van der Waals surface area (Å²) in [5.41, 5.74) is 8.35. The molecule has 2 aromatic rings. The molecular weight excluding hydrogens is 399 g/mol. The highest BCUT2D eigenvalue weighted by Gasteiger charge is 2.07. The first-order chi connectivity index (χ1) is 10.1. The summed E-state index contributed by atoms with van der Waals surface area (Å²) in [5, 5.41) is 3.48. The molecule has 2 aromatic carbocycles. The van der Waals surface area contributed by atoms with Crippen molar-refractivity contribution in [3.63, 3.8) is 0 Å². The summed E-state index contributed by atoms with van der Waals surface area (Å²) in [6.07, 6.45) is 0.869. The Morgan fingerprint density at radius 2 is 1.81 bits per heavy atom. The van der Waals surface area contributed by atoms with Crippen LogP contribution in [0.1, 0.15) is 21.5 Å². The van der Waals surface area contributed by atoms with Gasteiger partial charge in [0, 0.05) is 15.7 Å². The van der Waals surface area contributed by atoms with Crippen LogP contribution in [0.25, 0.3) is 0 Å². The second-order valence-corrected chi connectivity index (χ2v) is 6.24. The molecule has 110 valence electrons. The van der Waals surface area contributed by atoms with Gasteiger partial charge in [-0.25, -0.2) is 0 Å². The number of amides is 1. The van der Waals surface area contributed by atoms with Gasteiger partial charge in [0.2, 0.25) is 0 Å². The van der Waals surface area contributed by atoms with Crippen LogP contribution < -0.4 is 11.1 Å². The Kier molecular flexibility index (Phi) is 6.02. The van der Waals surface area contributed by atoms with Crippen molar-refractivity contribution in [1.29, 1.82) is 0 Å². The zero-order chi connectivity index (χ0) is 15.2. The van der Waals surface area contributed by atoms with Crippen molar-refractivity contribution in [2.24, 2.45) is 5.73 Å². The number of rotatable bonds is 5. The van der Waals surface area contributed by atoms with Crippen LogP contribution in [0.3, 0.4) is 0 Å².